The number of aromatic amines is 1. The van der Waals surface area contributed by atoms with Gasteiger partial charge in [-0.2, -0.15) is 0 Å². The highest BCUT2D eigenvalue weighted by molar-refractivity contribution is 6.13. The molecule has 0 saturated heterocycles. The van der Waals surface area contributed by atoms with Crippen LogP contribution in [0.15, 0.2) is 24.4 Å². The molecular weight excluding hydrogens is 240 g/mol. The van der Waals surface area contributed by atoms with Crippen molar-refractivity contribution < 1.29 is 9.59 Å². The molecule has 98 valence electrons. The summed E-state index contributed by atoms with van der Waals surface area (Å²) in [4.78, 5) is 28.8. The number of Topliss-reactive ketones (excluding diaryl/α,β-unsaturated/α-hetero) is 2. The molecule has 2 aromatic rings. The third-order valence-electron chi connectivity index (χ3n) is 3.77. The molecule has 0 aliphatic heterocycles. The second-order valence-electron chi connectivity index (χ2n) is 5.24. The summed E-state index contributed by atoms with van der Waals surface area (Å²) in [5.74, 6) is 0.190. The summed E-state index contributed by atoms with van der Waals surface area (Å²) < 4.78 is 0. The molecule has 3 rings (SSSR count). The van der Waals surface area contributed by atoms with Crippen molar-refractivity contribution >= 4 is 22.5 Å². The maximum absolute atomic E-state index is 12.6. The number of hydrogen-bond acceptors (Lipinski definition) is 3. The standard InChI is InChI=1S/C15H16N2O2/c1-9(18)8-17(2)13-6-10-7-16-12-5-3-4-11(14(10)12)15(13)19/h3-5,7,13,16H,6,8H2,1-2H3. The lowest BCUT2D eigenvalue weighted by Crippen LogP contribution is -2.44. The average molecular weight is 256 g/mol. The molecule has 1 atom stereocenters. The number of benzene rings is 1. The highest BCUT2D eigenvalue weighted by atomic mass is 16.1. The van der Waals surface area contributed by atoms with Crippen LogP contribution < -0.4 is 0 Å². The van der Waals surface area contributed by atoms with Gasteiger partial charge in [-0.3, -0.25) is 14.5 Å². The van der Waals surface area contributed by atoms with Crippen LogP contribution in [-0.2, 0) is 11.2 Å². The minimum atomic E-state index is -0.238. The van der Waals surface area contributed by atoms with Gasteiger partial charge in [0.25, 0.3) is 0 Å². The molecule has 1 aliphatic rings. The number of nitrogens with one attached hydrogen (secondary N) is 1. The smallest absolute Gasteiger partial charge is 0.180 e. The highest BCUT2D eigenvalue weighted by Crippen LogP contribution is 2.30. The van der Waals surface area contributed by atoms with Gasteiger partial charge in [-0.25, -0.2) is 0 Å². The molecule has 0 amide bonds. The number of carbonyl (C=O) groups is 2. The first kappa shape index (κ1) is 12.1. The Bertz CT molecular complexity index is 672. The third kappa shape index (κ3) is 1.88. The Morgan fingerprint density at radius 1 is 1.47 bits per heavy atom. The summed E-state index contributed by atoms with van der Waals surface area (Å²) in [6.07, 6.45) is 2.63. The number of nitrogens with zero attached hydrogens (tertiary/aromatic N) is 1. The molecule has 0 bridgehead atoms. The lowest BCUT2D eigenvalue weighted by Gasteiger charge is -2.29. The van der Waals surface area contributed by atoms with Crippen LogP contribution in [0.1, 0.15) is 22.8 Å². The maximum atomic E-state index is 12.6. The van der Waals surface area contributed by atoms with E-state index in [2.05, 4.69) is 4.98 Å². The van der Waals surface area contributed by atoms with E-state index in [0.717, 1.165) is 22.0 Å². The highest BCUT2D eigenvalue weighted by Gasteiger charge is 2.32. The van der Waals surface area contributed by atoms with E-state index in [9.17, 15) is 9.59 Å². The van der Waals surface area contributed by atoms with Crippen LogP contribution in [0.3, 0.4) is 0 Å². The van der Waals surface area contributed by atoms with Gasteiger partial charge in [0.05, 0.1) is 12.6 Å². The molecule has 0 spiro atoms. The summed E-state index contributed by atoms with van der Waals surface area (Å²) in [5.41, 5.74) is 2.93. The van der Waals surface area contributed by atoms with Gasteiger partial charge in [0.1, 0.15) is 5.78 Å². The van der Waals surface area contributed by atoms with Gasteiger partial charge >= 0.3 is 0 Å². The van der Waals surface area contributed by atoms with E-state index in [1.54, 1.807) is 6.92 Å². The van der Waals surface area contributed by atoms with Crippen molar-refractivity contribution in [2.24, 2.45) is 0 Å². The zero-order valence-corrected chi connectivity index (χ0v) is 11.1. The first-order valence-corrected chi connectivity index (χ1v) is 6.41. The maximum Gasteiger partial charge on any atom is 0.180 e. The van der Waals surface area contributed by atoms with Gasteiger partial charge in [0, 0.05) is 22.7 Å². The van der Waals surface area contributed by atoms with Gasteiger partial charge in [0.2, 0.25) is 0 Å². The Morgan fingerprint density at radius 2 is 2.26 bits per heavy atom. The predicted molar refractivity (Wildman–Crippen MR) is 73.4 cm³/mol. The largest absolute Gasteiger partial charge is 0.361 e. The number of hydrogen-bond donors (Lipinski definition) is 1. The van der Waals surface area contributed by atoms with E-state index in [1.165, 1.54) is 0 Å². The van der Waals surface area contributed by atoms with Crippen molar-refractivity contribution in [3.05, 3.63) is 35.5 Å². The molecule has 19 heavy (non-hydrogen) atoms. The van der Waals surface area contributed by atoms with Crippen molar-refractivity contribution in [1.82, 2.24) is 9.88 Å². The van der Waals surface area contributed by atoms with Crippen LogP contribution in [0.5, 0.6) is 0 Å². The van der Waals surface area contributed by atoms with Crippen LogP contribution in [0.2, 0.25) is 0 Å². The quantitative estimate of drug-likeness (QED) is 0.911. The van der Waals surface area contributed by atoms with Crippen molar-refractivity contribution in [3.63, 3.8) is 0 Å². The van der Waals surface area contributed by atoms with E-state index in [1.807, 2.05) is 36.3 Å². The van der Waals surface area contributed by atoms with E-state index < -0.39 is 0 Å². The Labute approximate surface area is 111 Å². The van der Waals surface area contributed by atoms with Crippen molar-refractivity contribution in [1.29, 1.82) is 0 Å². The van der Waals surface area contributed by atoms with E-state index in [-0.39, 0.29) is 17.6 Å². The molecule has 1 aromatic heterocycles. The van der Waals surface area contributed by atoms with E-state index >= 15 is 0 Å². The lowest BCUT2D eigenvalue weighted by atomic mass is 9.87. The molecule has 1 heterocycles. The fourth-order valence-electron chi connectivity index (χ4n) is 2.92. The molecule has 4 nitrogen and oxygen atoms in total. The first-order chi connectivity index (χ1) is 9.08. The summed E-state index contributed by atoms with van der Waals surface area (Å²) >= 11 is 0. The van der Waals surface area contributed by atoms with Gasteiger partial charge < -0.3 is 4.98 Å². The van der Waals surface area contributed by atoms with Crippen LogP contribution >= 0.6 is 0 Å². The Hall–Kier alpha value is -1.94. The summed E-state index contributed by atoms with van der Waals surface area (Å²) in [5, 5.41) is 1.04. The SMILES string of the molecule is CC(=O)CN(C)C1Cc2c[nH]c3cccc(c23)C1=O. The van der Waals surface area contributed by atoms with Crippen LogP contribution in [0.4, 0.5) is 0 Å². The fourth-order valence-corrected chi connectivity index (χ4v) is 2.92. The molecule has 1 unspecified atom stereocenters. The minimum Gasteiger partial charge on any atom is -0.361 e. The predicted octanol–water partition coefficient (Wildman–Crippen LogP) is 1.80. The number of H-pyrrole nitrogens is 1. The molecule has 1 N–H and O–H groups in total. The average Bonchev–Trinajstić information content (AvgIpc) is 2.77. The van der Waals surface area contributed by atoms with Gasteiger partial charge in [-0.05, 0) is 32.0 Å². The second-order valence-corrected chi connectivity index (χ2v) is 5.24. The molecule has 0 radical (unpaired) electrons. The molecule has 1 aliphatic carbocycles. The van der Waals surface area contributed by atoms with Crippen LogP contribution in [0, 0.1) is 0 Å². The summed E-state index contributed by atoms with van der Waals surface area (Å²) in [7, 11) is 1.84. The van der Waals surface area contributed by atoms with E-state index in [4.69, 9.17) is 0 Å². The van der Waals surface area contributed by atoms with Gasteiger partial charge in [0.15, 0.2) is 5.78 Å². The monoisotopic (exact) mass is 256 g/mol. The first-order valence-electron chi connectivity index (χ1n) is 6.41. The minimum absolute atomic E-state index is 0.0772. The van der Waals surface area contributed by atoms with Gasteiger partial charge in [-0.15, -0.1) is 0 Å². The molecule has 0 saturated carbocycles. The Morgan fingerprint density at radius 3 is 3.00 bits per heavy atom. The van der Waals surface area contributed by atoms with Crippen molar-refractivity contribution in [2.75, 3.05) is 13.6 Å². The van der Waals surface area contributed by atoms with Crippen LogP contribution in [0.25, 0.3) is 10.9 Å². The number of carbonyl (C=O) groups excluding carboxylic acids is 2. The molecular formula is C15H16N2O2. The third-order valence-corrected chi connectivity index (χ3v) is 3.77. The summed E-state index contributed by atoms with van der Waals surface area (Å²) in [6, 6.07) is 5.51. The van der Waals surface area contributed by atoms with Gasteiger partial charge in [-0.1, -0.05) is 12.1 Å². The Balaban J connectivity index is 2.02. The van der Waals surface area contributed by atoms with Crippen molar-refractivity contribution in [2.45, 2.75) is 19.4 Å². The van der Waals surface area contributed by atoms with Crippen LogP contribution in [-0.4, -0.2) is 41.1 Å². The number of ketones is 2. The number of likely N-dealkylation sites (N-methyl/N-ethyl adjacent to an activating group) is 1. The summed E-state index contributed by atoms with van der Waals surface area (Å²) in [6.45, 7) is 1.86. The van der Waals surface area contributed by atoms with E-state index in [0.29, 0.717) is 13.0 Å². The zero-order chi connectivity index (χ0) is 13.6. The zero-order valence-electron chi connectivity index (χ0n) is 11.1. The number of aromatic nitrogens is 1. The second kappa shape index (κ2) is 4.31. The Kier molecular flexibility index (Phi) is 2.75. The molecule has 0 fully saturated rings. The molecule has 4 heteroatoms. The lowest BCUT2D eigenvalue weighted by molar-refractivity contribution is -0.118. The molecule has 1 aromatic carbocycles. The normalized spacial score (nSPS) is 18.3. The topological polar surface area (TPSA) is 53.2 Å². The number of rotatable bonds is 3. The van der Waals surface area contributed by atoms with Crippen molar-refractivity contribution in [3.8, 4) is 0 Å². The fraction of sp³-hybridized carbons (Fsp3) is 0.333.